The Balaban J connectivity index is 1.65. The molecule has 1 heterocycles. The molecule has 0 unspecified atom stereocenters. The minimum absolute atomic E-state index is 0.0164. The Bertz CT molecular complexity index is 825. The fourth-order valence-electron chi connectivity index (χ4n) is 2.79. The minimum Gasteiger partial charge on any atom is -0.495 e. The zero-order valence-electron chi connectivity index (χ0n) is 14.0. The number of ether oxygens (including phenoxy) is 1. The third kappa shape index (κ3) is 3.24. The van der Waals surface area contributed by atoms with Crippen LogP contribution in [0.5, 0.6) is 5.75 Å². The summed E-state index contributed by atoms with van der Waals surface area (Å²) in [4.78, 5) is 37.9. The molecule has 1 aliphatic heterocycles. The number of carbonyl (C=O) groups excluding carboxylic acids is 3. The molecule has 1 aliphatic rings. The number of fused-ring (bicyclic) bond motifs is 1. The summed E-state index contributed by atoms with van der Waals surface area (Å²) < 4.78 is 5.22. The SMILES string of the molecule is COc1ccc(C)cc1NC(=O)CCN1C(=O)c2ccccc2C1=O. The molecule has 0 atom stereocenters. The molecule has 0 spiro atoms. The summed E-state index contributed by atoms with van der Waals surface area (Å²) in [7, 11) is 1.53. The smallest absolute Gasteiger partial charge is 0.261 e. The zero-order chi connectivity index (χ0) is 18.0. The number of hydrogen-bond acceptors (Lipinski definition) is 4. The molecule has 25 heavy (non-hydrogen) atoms. The quantitative estimate of drug-likeness (QED) is 0.851. The maximum atomic E-state index is 12.3. The molecule has 0 saturated carbocycles. The number of nitrogens with zero attached hydrogens (tertiary/aromatic N) is 1. The average Bonchev–Trinajstić information content (AvgIpc) is 2.85. The van der Waals surface area contributed by atoms with Crippen molar-refractivity contribution in [3.05, 3.63) is 59.2 Å². The Morgan fingerprint density at radius 1 is 1.08 bits per heavy atom. The summed E-state index contributed by atoms with van der Waals surface area (Å²) in [5.74, 6) is -0.455. The van der Waals surface area contributed by atoms with Crippen molar-refractivity contribution in [3.8, 4) is 5.75 Å². The minimum atomic E-state index is -0.360. The number of carbonyl (C=O) groups is 3. The highest BCUT2D eigenvalue weighted by Crippen LogP contribution is 2.26. The van der Waals surface area contributed by atoms with Gasteiger partial charge in [0.2, 0.25) is 5.91 Å². The largest absolute Gasteiger partial charge is 0.495 e. The average molecular weight is 338 g/mol. The number of anilines is 1. The predicted molar refractivity (Wildman–Crippen MR) is 92.8 cm³/mol. The van der Waals surface area contributed by atoms with Crippen LogP contribution < -0.4 is 10.1 Å². The van der Waals surface area contributed by atoms with Gasteiger partial charge in [0.05, 0.1) is 23.9 Å². The van der Waals surface area contributed by atoms with E-state index in [0.717, 1.165) is 10.5 Å². The van der Waals surface area contributed by atoms with Gasteiger partial charge in [0.1, 0.15) is 5.75 Å². The van der Waals surface area contributed by atoms with Crippen LogP contribution >= 0.6 is 0 Å². The lowest BCUT2D eigenvalue weighted by atomic mass is 10.1. The number of hydrogen-bond donors (Lipinski definition) is 1. The van der Waals surface area contributed by atoms with E-state index in [0.29, 0.717) is 22.6 Å². The number of benzene rings is 2. The lowest BCUT2D eigenvalue weighted by molar-refractivity contribution is -0.116. The van der Waals surface area contributed by atoms with E-state index in [4.69, 9.17) is 4.74 Å². The number of amides is 3. The first-order valence-corrected chi connectivity index (χ1v) is 7.91. The molecule has 6 heteroatoms. The molecule has 2 aromatic carbocycles. The van der Waals surface area contributed by atoms with Crippen molar-refractivity contribution >= 4 is 23.4 Å². The summed E-state index contributed by atoms with van der Waals surface area (Å²) in [5, 5.41) is 2.76. The Kier molecular flexibility index (Phi) is 4.52. The van der Waals surface area contributed by atoms with Crippen LogP contribution in [0.3, 0.4) is 0 Å². The number of rotatable bonds is 5. The molecule has 3 amide bonds. The van der Waals surface area contributed by atoms with Crippen LogP contribution in [0.1, 0.15) is 32.7 Å². The van der Waals surface area contributed by atoms with E-state index in [1.807, 2.05) is 13.0 Å². The van der Waals surface area contributed by atoms with Crippen LogP contribution in [0.25, 0.3) is 0 Å². The van der Waals surface area contributed by atoms with E-state index in [2.05, 4.69) is 5.32 Å². The molecule has 0 aliphatic carbocycles. The lowest BCUT2D eigenvalue weighted by Crippen LogP contribution is -2.32. The zero-order valence-corrected chi connectivity index (χ0v) is 14.0. The fourth-order valence-corrected chi connectivity index (χ4v) is 2.79. The van der Waals surface area contributed by atoms with Crippen molar-refractivity contribution in [2.24, 2.45) is 0 Å². The van der Waals surface area contributed by atoms with Crippen LogP contribution in [-0.2, 0) is 4.79 Å². The number of aryl methyl sites for hydroxylation is 1. The van der Waals surface area contributed by atoms with Crippen LogP contribution in [0, 0.1) is 6.92 Å². The standard InChI is InChI=1S/C19H18N2O4/c1-12-7-8-16(25-2)15(11-12)20-17(22)9-10-21-18(23)13-5-3-4-6-14(13)19(21)24/h3-8,11H,9-10H2,1-2H3,(H,20,22). The predicted octanol–water partition coefficient (Wildman–Crippen LogP) is 2.63. The fraction of sp³-hybridized carbons (Fsp3) is 0.211. The molecule has 128 valence electrons. The number of imide groups is 1. The van der Waals surface area contributed by atoms with E-state index < -0.39 is 0 Å². The van der Waals surface area contributed by atoms with Crippen molar-refractivity contribution in [2.45, 2.75) is 13.3 Å². The lowest BCUT2D eigenvalue weighted by Gasteiger charge is -2.14. The Hall–Kier alpha value is -3.15. The van der Waals surface area contributed by atoms with Crippen molar-refractivity contribution in [3.63, 3.8) is 0 Å². The summed E-state index contributed by atoms with van der Waals surface area (Å²) >= 11 is 0. The van der Waals surface area contributed by atoms with Gasteiger partial charge in [-0.3, -0.25) is 19.3 Å². The Morgan fingerprint density at radius 3 is 2.32 bits per heavy atom. The molecule has 2 aromatic rings. The first-order valence-electron chi connectivity index (χ1n) is 7.91. The Morgan fingerprint density at radius 2 is 1.72 bits per heavy atom. The van der Waals surface area contributed by atoms with Crippen LogP contribution in [0.4, 0.5) is 5.69 Å². The summed E-state index contributed by atoms with van der Waals surface area (Å²) in [6, 6.07) is 12.1. The van der Waals surface area contributed by atoms with Gasteiger partial charge in [-0.15, -0.1) is 0 Å². The van der Waals surface area contributed by atoms with Gasteiger partial charge >= 0.3 is 0 Å². The highest BCUT2D eigenvalue weighted by Gasteiger charge is 2.34. The van der Waals surface area contributed by atoms with E-state index in [1.165, 1.54) is 7.11 Å². The van der Waals surface area contributed by atoms with Crippen LogP contribution in [0.15, 0.2) is 42.5 Å². The van der Waals surface area contributed by atoms with E-state index >= 15 is 0 Å². The molecule has 6 nitrogen and oxygen atoms in total. The second-order valence-corrected chi connectivity index (χ2v) is 5.81. The van der Waals surface area contributed by atoms with Crippen molar-refractivity contribution < 1.29 is 19.1 Å². The van der Waals surface area contributed by atoms with Gasteiger partial charge < -0.3 is 10.1 Å². The maximum Gasteiger partial charge on any atom is 0.261 e. The van der Waals surface area contributed by atoms with Gasteiger partial charge in [-0.05, 0) is 36.8 Å². The number of nitrogens with one attached hydrogen (secondary N) is 1. The molecular weight excluding hydrogens is 320 g/mol. The van der Waals surface area contributed by atoms with Gasteiger partial charge in [0.25, 0.3) is 11.8 Å². The first kappa shape index (κ1) is 16.7. The van der Waals surface area contributed by atoms with Gasteiger partial charge in [0, 0.05) is 13.0 Å². The molecule has 1 N–H and O–H groups in total. The second kappa shape index (κ2) is 6.76. The third-order valence-electron chi connectivity index (χ3n) is 4.07. The van der Waals surface area contributed by atoms with Gasteiger partial charge in [-0.1, -0.05) is 18.2 Å². The summed E-state index contributed by atoms with van der Waals surface area (Å²) in [6.45, 7) is 1.94. The summed E-state index contributed by atoms with van der Waals surface area (Å²) in [5.41, 5.74) is 2.31. The van der Waals surface area contributed by atoms with Gasteiger partial charge in [-0.2, -0.15) is 0 Å². The summed E-state index contributed by atoms with van der Waals surface area (Å²) in [6.07, 6.45) is 0.0164. The Labute approximate surface area is 145 Å². The van der Waals surface area contributed by atoms with Crippen molar-refractivity contribution in [1.29, 1.82) is 0 Å². The van der Waals surface area contributed by atoms with Crippen molar-refractivity contribution in [2.75, 3.05) is 19.0 Å². The maximum absolute atomic E-state index is 12.3. The van der Waals surface area contributed by atoms with Crippen LogP contribution in [0.2, 0.25) is 0 Å². The number of methoxy groups -OCH3 is 1. The first-order chi connectivity index (χ1) is 12.0. The monoisotopic (exact) mass is 338 g/mol. The highest BCUT2D eigenvalue weighted by atomic mass is 16.5. The molecule has 3 rings (SSSR count). The van der Waals surface area contributed by atoms with Gasteiger partial charge in [0.15, 0.2) is 0 Å². The molecule has 0 saturated heterocycles. The molecular formula is C19H18N2O4. The molecule has 0 fully saturated rings. The molecule has 0 aromatic heterocycles. The molecule has 0 bridgehead atoms. The van der Waals surface area contributed by atoms with Crippen molar-refractivity contribution in [1.82, 2.24) is 4.90 Å². The third-order valence-corrected chi connectivity index (χ3v) is 4.07. The topological polar surface area (TPSA) is 75.7 Å². The van der Waals surface area contributed by atoms with E-state index in [1.54, 1.807) is 36.4 Å². The van der Waals surface area contributed by atoms with E-state index in [-0.39, 0.29) is 30.7 Å². The second-order valence-electron chi connectivity index (χ2n) is 5.81. The molecule has 0 radical (unpaired) electrons. The van der Waals surface area contributed by atoms with Crippen LogP contribution in [-0.4, -0.2) is 36.3 Å². The van der Waals surface area contributed by atoms with Gasteiger partial charge in [-0.25, -0.2) is 0 Å². The highest BCUT2D eigenvalue weighted by molar-refractivity contribution is 6.21. The normalized spacial score (nSPS) is 13.0. The van der Waals surface area contributed by atoms with E-state index in [9.17, 15) is 14.4 Å².